The molecule has 1 unspecified atom stereocenters. The van der Waals surface area contributed by atoms with Crippen LogP contribution in [0.1, 0.15) is 49.3 Å². The normalized spacial score (nSPS) is 26.5. The van der Waals surface area contributed by atoms with Gasteiger partial charge in [-0.25, -0.2) is 0 Å². The van der Waals surface area contributed by atoms with Crippen molar-refractivity contribution in [3.05, 3.63) is 47.5 Å². The molecule has 0 saturated heterocycles. The molecule has 90 valence electrons. The molecule has 0 aromatic heterocycles. The Morgan fingerprint density at radius 1 is 1.06 bits per heavy atom. The van der Waals surface area contributed by atoms with Gasteiger partial charge in [0.2, 0.25) is 0 Å². The molecule has 0 amide bonds. The quantitative estimate of drug-likeness (QED) is 0.650. The molecule has 1 heterocycles. The van der Waals surface area contributed by atoms with E-state index in [4.69, 9.17) is 4.74 Å². The van der Waals surface area contributed by atoms with Gasteiger partial charge < -0.3 is 4.74 Å². The molecule has 1 saturated carbocycles. The Kier molecular flexibility index (Phi) is 2.79. The van der Waals surface area contributed by atoms with Crippen molar-refractivity contribution in [1.82, 2.24) is 0 Å². The predicted molar refractivity (Wildman–Crippen MR) is 70.0 cm³/mol. The Bertz CT molecular complexity index is 410. The molecule has 1 aromatic carbocycles. The molecule has 1 spiro atoms. The SMILES string of the molecule is Cc1ccc(C2C=CC3(CCCCC3)O2)cc1. The number of aryl methyl sites for hydroxylation is 1. The fraction of sp³-hybridized carbons (Fsp3) is 0.500. The molecule has 3 rings (SSSR count). The maximum Gasteiger partial charge on any atom is 0.102 e. The summed E-state index contributed by atoms with van der Waals surface area (Å²) >= 11 is 0. The summed E-state index contributed by atoms with van der Waals surface area (Å²) in [5.41, 5.74) is 2.66. The Morgan fingerprint density at radius 3 is 2.47 bits per heavy atom. The Labute approximate surface area is 103 Å². The molecule has 1 aliphatic carbocycles. The van der Waals surface area contributed by atoms with Crippen LogP contribution in [0.4, 0.5) is 0 Å². The van der Waals surface area contributed by atoms with Crippen molar-refractivity contribution in [2.75, 3.05) is 0 Å². The van der Waals surface area contributed by atoms with Gasteiger partial charge >= 0.3 is 0 Å². The summed E-state index contributed by atoms with van der Waals surface area (Å²) in [4.78, 5) is 0. The second-order valence-corrected chi connectivity index (χ2v) is 5.43. The molecule has 17 heavy (non-hydrogen) atoms. The van der Waals surface area contributed by atoms with Crippen molar-refractivity contribution in [3.63, 3.8) is 0 Å². The Balaban J connectivity index is 1.76. The van der Waals surface area contributed by atoms with Crippen molar-refractivity contribution in [2.24, 2.45) is 0 Å². The summed E-state index contributed by atoms with van der Waals surface area (Å²) < 4.78 is 6.30. The molecule has 0 radical (unpaired) electrons. The average molecular weight is 228 g/mol. The first-order valence-corrected chi connectivity index (χ1v) is 6.71. The Morgan fingerprint density at radius 2 is 1.76 bits per heavy atom. The lowest BCUT2D eigenvalue weighted by Gasteiger charge is -2.32. The minimum absolute atomic E-state index is 0.0633. The minimum atomic E-state index is 0.0633. The minimum Gasteiger partial charge on any atom is -0.359 e. The van der Waals surface area contributed by atoms with Crippen LogP contribution in [0.25, 0.3) is 0 Å². The number of hydrogen-bond donors (Lipinski definition) is 0. The van der Waals surface area contributed by atoms with E-state index in [-0.39, 0.29) is 11.7 Å². The van der Waals surface area contributed by atoms with Crippen molar-refractivity contribution < 1.29 is 4.74 Å². The van der Waals surface area contributed by atoms with E-state index in [1.54, 1.807) is 0 Å². The van der Waals surface area contributed by atoms with Crippen molar-refractivity contribution in [3.8, 4) is 0 Å². The number of hydrogen-bond acceptors (Lipinski definition) is 1. The van der Waals surface area contributed by atoms with Crippen molar-refractivity contribution >= 4 is 0 Å². The van der Waals surface area contributed by atoms with Crippen LogP contribution in [0.5, 0.6) is 0 Å². The van der Waals surface area contributed by atoms with Crippen molar-refractivity contribution in [2.45, 2.75) is 50.7 Å². The highest BCUT2D eigenvalue weighted by atomic mass is 16.5. The standard InChI is InChI=1S/C16H20O/c1-13-5-7-14(8-6-13)15-9-12-16(17-15)10-3-2-4-11-16/h5-9,12,15H,2-4,10-11H2,1H3. The smallest absolute Gasteiger partial charge is 0.102 e. The van der Waals surface area contributed by atoms with E-state index < -0.39 is 0 Å². The van der Waals surface area contributed by atoms with Crippen LogP contribution in [0.15, 0.2) is 36.4 Å². The van der Waals surface area contributed by atoms with Gasteiger partial charge in [0, 0.05) is 0 Å². The average Bonchev–Trinajstić information content (AvgIpc) is 2.75. The largest absolute Gasteiger partial charge is 0.359 e. The van der Waals surface area contributed by atoms with Gasteiger partial charge in [-0.2, -0.15) is 0 Å². The van der Waals surface area contributed by atoms with Crippen LogP contribution >= 0.6 is 0 Å². The fourth-order valence-electron chi connectivity index (χ4n) is 2.96. The molecule has 0 N–H and O–H groups in total. The highest BCUT2D eigenvalue weighted by Gasteiger charge is 2.36. The molecular weight excluding hydrogens is 208 g/mol. The molecule has 0 bridgehead atoms. The summed E-state index contributed by atoms with van der Waals surface area (Å²) in [6.45, 7) is 2.12. The van der Waals surface area contributed by atoms with Gasteiger partial charge in [-0.15, -0.1) is 0 Å². The van der Waals surface area contributed by atoms with Gasteiger partial charge in [-0.3, -0.25) is 0 Å². The lowest BCUT2D eigenvalue weighted by Crippen LogP contribution is -2.30. The van der Waals surface area contributed by atoms with E-state index >= 15 is 0 Å². The summed E-state index contributed by atoms with van der Waals surface area (Å²) in [6.07, 6.45) is 11.1. The van der Waals surface area contributed by atoms with Gasteiger partial charge in [0.1, 0.15) is 6.10 Å². The van der Waals surface area contributed by atoms with E-state index in [2.05, 4.69) is 43.3 Å². The van der Waals surface area contributed by atoms with Gasteiger partial charge in [0.25, 0.3) is 0 Å². The van der Waals surface area contributed by atoms with Crippen LogP contribution in [0.3, 0.4) is 0 Å². The molecular formula is C16H20O. The van der Waals surface area contributed by atoms with Crippen LogP contribution in [0, 0.1) is 6.92 Å². The Hall–Kier alpha value is -1.08. The number of ether oxygens (including phenoxy) is 1. The fourth-order valence-corrected chi connectivity index (χ4v) is 2.96. The number of rotatable bonds is 1. The summed E-state index contributed by atoms with van der Waals surface area (Å²) in [5.74, 6) is 0. The third-order valence-corrected chi connectivity index (χ3v) is 4.04. The van der Waals surface area contributed by atoms with E-state index in [0.717, 1.165) is 0 Å². The topological polar surface area (TPSA) is 9.23 Å². The summed E-state index contributed by atoms with van der Waals surface area (Å²) in [5, 5.41) is 0. The van der Waals surface area contributed by atoms with Crippen molar-refractivity contribution in [1.29, 1.82) is 0 Å². The van der Waals surface area contributed by atoms with E-state index in [1.807, 2.05) is 0 Å². The molecule has 1 aromatic rings. The summed E-state index contributed by atoms with van der Waals surface area (Å²) in [6, 6.07) is 8.70. The molecule has 1 heteroatoms. The molecule has 1 atom stereocenters. The monoisotopic (exact) mass is 228 g/mol. The maximum atomic E-state index is 6.30. The van der Waals surface area contributed by atoms with E-state index in [1.165, 1.54) is 43.2 Å². The molecule has 1 nitrogen and oxygen atoms in total. The zero-order valence-electron chi connectivity index (χ0n) is 10.5. The highest BCUT2D eigenvalue weighted by molar-refractivity contribution is 5.29. The van der Waals surface area contributed by atoms with Crippen LogP contribution in [-0.4, -0.2) is 5.60 Å². The third kappa shape index (κ3) is 2.16. The van der Waals surface area contributed by atoms with Crippen LogP contribution in [0.2, 0.25) is 0 Å². The van der Waals surface area contributed by atoms with Gasteiger partial charge in [-0.05, 0) is 25.3 Å². The maximum absolute atomic E-state index is 6.30. The lowest BCUT2D eigenvalue weighted by atomic mass is 9.85. The van der Waals surface area contributed by atoms with Crippen LogP contribution in [-0.2, 0) is 4.74 Å². The second kappa shape index (κ2) is 4.30. The lowest BCUT2D eigenvalue weighted by molar-refractivity contribution is -0.0472. The van der Waals surface area contributed by atoms with Crippen LogP contribution < -0.4 is 0 Å². The first-order valence-electron chi connectivity index (χ1n) is 6.71. The zero-order chi connectivity index (χ0) is 11.7. The molecule has 2 aliphatic rings. The highest BCUT2D eigenvalue weighted by Crippen LogP contribution is 2.42. The number of benzene rings is 1. The van der Waals surface area contributed by atoms with E-state index in [9.17, 15) is 0 Å². The summed E-state index contributed by atoms with van der Waals surface area (Å²) in [7, 11) is 0. The third-order valence-electron chi connectivity index (χ3n) is 4.04. The molecule has 1 fully saturated rings. The second-order valence-electron chi connectivity index (χ2n) is 5.43. The van der Waals surface area contributed by atoms with Gasteiger partial charge in [0.05, 0.1) is 5.60 Å². The molecule has 1 aliphatic heterocycles. The van der Waals surface area contributed by atoms with E-state index in [0.29, 0.717) is 0 Å². The van der Waals surface area contributed by atoms with Gasteiger partial charge in [0.15, 0.2) is 0 Å². The van der Waals surface area contributed by atoms with Gasteiger partial charge in [-0.1, -0.05) is 61.2 Å². The predicted octanol–water partition coefficient (Wildman–Crippen LogP) is 4.33. The zero-order valence-corrected chi connectivity index (χ0v) is 10.5. The first kappa shape index (κ1) is 11.0. The first-order chi connectivity index (χ1) is 8.27.